The minimum Gasteiger partial charge on any atom is -0.360 e. The molecule has 25 heavy (non-hydrogen) atoms. The summed E-state index contributed by atoms with van der Waals surface area (Å²) in [7, 11) is 0. The summed E-state index contributed by atoms with van der Waals surface area (Å²) in [5, 5.41) is 6.80. The maximum atomic E-state index is 13.1. The number of hydrogen-bond acceptors (Lipinski definition) is 4. The molecule has 2 aromatic rings. The lowest BCUT2D eigenvalue weighted by Gasteiger charge is -2.34. The maximum absolute atomic E-state index is 13.1. The number of hydrogen-bond donors (Lipinski definition) is 1. The fraction of sp³-hybridized carbons (Fsp3) is 0.444. The number of halogens is 1. The van der Waals surface area contributed by atoms with Crippen molar-refractivity contribution in [3.05, 3.63) is 53.2 Å². The van der Waals surface area contributed by atoms with Gasteiger partial charge in [0.1, 0.15) is 5.82 Å². The number of benzene rings is 1. The van der Waals surface area contributed by atoms with Crippen LogP contribution in [0.25, 0.3) is 0 Å². The maximum Gasteiger partial charge on any atom is 0.317 e. The number of carbonyl (C=O) groups excluding carboxylic acids is 1. The van der Waals surface area contributed by atoms with Crippen LogP contribution in [0.4, 0.5) is 9.18 Å². The predicted molar refractivity (Wildman–Crippen MR) is 91.6 cm³/mol. The molecule has 1 aromatic carbocycles. The summed E-state index contributed by atoms with van der Waals surface area (Å²) >= 11 is 0. The molecule has 3 rings (SSSR count). The second kappa shape index (κ2) is 8.11. The van der Waals surface area contributed by atoms with Gasteiger partial charge in [0, 0.05) is 38.8 Å². The topological polar surface area (TPSA) is 61.6 Å². The van der Waals surface area contributed by atoms with E-state index in [2.05, 4.69) is 15.4 Å². The highest BCUT2D eigenvalue weighted by Crippen LogP contribution is 2.10. The lowest BCUT2D eigenvalue weighted by atomic mass is 10.1. The Balaban J connectivity index is 1.38. The smallest absolute Gasteiger partial charge is 0.317 e. The standard InChI is InChI=1S/C18H23FN4O2/c1-14-11-17(25-21-14)13-22-7-9-23(10-8-22)18(24)20-6-5-15-3-2-4-16(19)12-15/h2-4,11-12H,5-10,13H2,1H3,(H,20,24). The number of urea groups is 1. The third-order valence-corrected chi connectivity index (χ3v) is 4.29. The Kier molecular flexibility index (Phi) is 5.65. The van der Waals surface area contributed by atoms with Crippen LogP contribution < -0.4 is 5.32 Å². The molecule has 7 heteroatoms. The minimum absolute atomic E-state index is 0.0634. The van der Waals surface area contributed by atoms with Crippen molar-refractivity contribution in [1.29, 1.82) is 0 Å². The van der Waals surface area contributed by atoms with E-state index in [0.717, 1.165) is 36.7 Å². The molecular formula is C18H23FN4O2. The molecule has 0 spiro atoms. The summed E-state index contributed by atoms with van der Waals surface area (Å²) < 4.78 is 18.4. The highest BCUT2D eigenvalue weighted by atomic mass is 19.1. The average molecular weight is 346 g/mol. The summed E-state index contributed by atoms with van der Waals surface area (Å²) in [6.07, 6.45) is 0.619. The van der Waals surface area contributed by atoms with Crippen molar-refractivity contribution in [2.24, 2.45) is 0 Å². The van der Waals surface area contributed by atoms with E-state index in [4.69, 9.17) is 4.52 Å². The van der Waals surface area contributed by atoms with Gasteiger partial charge in [0.25, 0.3) is 0 Å². The molecule has 0 radical (unpaired) electrons. The van der Waals surface area contributed by atoms with E-state index in [9.17, 15) is 9.18 Å². The van der Waals surface area contributed by atoms with E-state index in [1.165, 1.54) is 12.1 Å². The highest BCUT2D eigenvalue weighted by Gasteiger charge is 2.21. The summed E-state index contributed by atoms with van der Waals surface area (Å²) in [6, 6.07) is 8.33. The average Bonchev–Trinajstić information content (AvgIpc) is 3.00. The Hall–Kier alpha value is -2.41. The molecule has 1 saturated heterocycles. The van der Waals surface area contributed by atoms with Crippen molar-refractivity contribution in [1.82, 2.24) is 20.3 Å². The third-order valence-electron chi connectivity index (χ3n) is 4.29. The molecule has 0 unspecified atom stereocenters. The Bertz CT molecular complexity index is 711. The Labute approximate surface area is 146 Å². The van der Waals surface area contributed by atoms with Gasteiger partial charge in [-0.3, -0.25) is 4.90 Å². The summed E-state index contributed by atoms with van der Waals surface area (Å²) in [5.74, 6) is 0.604. The number of aryl methyl sites for hydroxylation is 1. The van der Waals surface area contributed by atoms with Gasteiger partial charge in [-0.1, -0.05) is 17.3 Å². The molecule has 0 atom stereocenters. The summed E-state index contributed by atoms with van der Waals surface area (Å²) in [6.45, 7) is 6.08. The van der Waals surface area contributed by atoms with Crippen LogP contribution in [0.15, 0.2) is 34.9 Å². The number of amides is 2. The van der Waals surface area contributed by atoms with Crippen molar-refractivity contribution in [2.45, 2.75) is 19.9 Å². The first-order valence-corrected chi connectivity index (χ1v) is 8.52. The van der Waals surface area contributed by atoms with Gasteiger partial charge in [-0.2, -0.15) is 0 Å². The molecule has 1 N–H and O–H groups in total. The molecule has 0 saturated carbocycles. The number of nitrogens with zero attached hydrogens (tertiary/aromatic N) is 3. The molecule has 1 fully saturated rings. The largest absolute Gasteiger partial charge is 0.360 e. The molecule has 2 heterocycles. The Morgan fingerprint density at radius 3 is 2.76 bits per heavy atom. The van der Waals surface area contributed by atoms with E-state index < -0.39 is 0 Å². The monoisotopic (exact) mass is 346 g/mol. The molecule has 2 amide bonds. The van der Waals surface area contributed by atoms with E-state index in [-0.39, 0.29) is 11.8 Å². The van der Waals surface area contributed by atoms with Crippen LogP contribution in [0, 0.1) is 12.7 Å². The predicted octanol–water partition coefficient (Wildman–Crippen LogP) is 2.19. The molecule has 134 valence electrons. The zero-order valence-electron chi connectivity index (χ0n) is 14.4. The zero-order chi connectivity index (χ0) is 17.6. The highest BCUT2D eigenvalue weighted by molar-refractivity contribution is 5.74. The molecular weight excluding hydrogens is 323 g/mol. The van der Waals surface area contributed by atoms with E-state index in [1.807, 2.05) is 24.0 Å². The first kappa shape index (κ1) is 17.4. The molecule has 1 aromatic heterocycles. The van der Waals surface area contributed by atoms with Crippen molar-refractivity contribution in [2.75, 3.05) is 32.7 Å². The van der Waals surface area contributed by atoms with Crippen LogP contribution in [0.1, 0.15) is 17.0 Å². The van der Waals surface area contributed by atoms with Gasteiger partial charge in [-0.05, 0) is 31.0 Å². The first-order chi connectivity index (χ1) is 12.1. The van der Waals surface area contributed by atoms with E-state index in [1.54, 1.807) is 6.07 Å². The Morgan fingerprint density at radius 1 is 1.28 bits per heavy atom. The molecule has 1 aliphatic heterocycles. The van der Waals surface area contributed by atoms with Gasteiger partial charge < -0.3 is 14.7 Å². The fourth-order valence-electron chi connectivity index (χ4n) is 2.94. The van der Waals surface area contributed by atoms with Crippen LogP contribution in [0.5, 0.6) is 0 Å². The lowest BCUT2D eigenvalue weighted by molar-refractivity contribution is 0.128. The number of carbonyl (C=O) groups is 1. The molecule has 1 aliphatic rings. The molecule has 0 aliphatic carbocycles. The van der Waals surface area contributed by atoms with Crippen molar-refractivity contribution in [3.63, 3.8) is 0 Å². The van der Waals surface area contributed by atoms with E-state index >= 15 is 0 Å². The molecule has 0 bridgehead atoms. The number of piperazine rings is 1. The van der Waals surface area contributed by atoms with Gasteiger partial charge >= 0.3 is 6.03 Å². The molecule has 6 nitrogen and oxygen atoms in total. The van der Waals surface area contributed by atoms with Crippen LogP contribution in [-0.2, 0) is 13.0 Å². The van der Waals surface area contributed by atoms with Crippen molar-refractivity contribution in [3.8, 4) is 0 Å². The second-order valence-electron chi connectivity index (χ2n) is 6.31. The van der Waals surface area contributed by atoms with E-state index in [0.29, 0.717) is 26.1 Å². The third kappa shape index (κ3) is 5.03. The van der Waals surface area contributed by atoms with Gasteiger partial charge in [0.2, 0.25) is 0 Å². The summed E-state index contributed by atoms with van der Waals surface area (Å²) in [4.78, 5) is 16.3. The van der Waals surface area contributed by atoms with Gasteiger partial charge in [-0.15, -0.1) is 0 Å². The van der Waals surface area contributed by atoms with Crippen molar-refractivity contribution >= 4 is 6.03 Å². The quantitative estimate of drug-likeness (QED) is 0.902. The second-order valence-corrected chi connectivity index (χ2v) is 6.31. The Morgan fingerprint density at radius 2 is 2.08 bits per heavy atom. The number of nitrogens with one attached hydrogen (secondary N) is 1. The summed E-state index contributed by atoms with van der Waals surface area (Å²) in [5.41, 5.74) is 1.76. The number of rotatable bonds is 5. The lowest BCUT2D eigenvalue weighted by Crippen LogP contribution is -2.51. The van der Waals surface area contributed by atoms with Crippen LogP contribution in [0.3, 0.4) is 0 Å². The fourth-order valence-corrected chi connectivity index (χ4v) is 2.94. The first-order valence-electron chi connectivity index (χ1n) is 8.52. The normalized spacial score (nSPS) is 15.4. The number of aromatic nitrogens is 1. The van der Waals surface area contributed by atoms with Gasteiger partial charge in [0.15, 0.2) is 5.76 Å². The van der Waals surface area contributed by atoms with Crippen LogP contribution in [0.2, 0.25) is 0 Å². The van der Waals surface area contributed by atoms with Crippen LogP contribution >= 0.6 is 0 Å². The van der Waals surface area contributed by atoms with Gasteiger partial charge in [-0.25, -0.2) is 9.18 Å². The SMILES string of the molecule is Cc1cc(CN2CCN(C(=O)NCCc3cccc(F)c3)CC2)on1. The van der Waals surface area contributed by atoms with Crippen LogP contribution in [-0.4, -0.2) is 53.7 Å². The van der Waals surface area contributed by atoms with Crippen molar-refractivity contribution < 1.29 is 13.7 Å². The minimum atomic E-state index is -0.248. The van der Waals surface area contributed by atoms with Gasteiger partial charge in [0.05, 0.1) is 12.2 Å². The zero-order valence-corrected chi connectivity index (χ0v) is 14.4.